The zero-order chi connectivity index (χ0) is 10.6. The quantitative estimate of drug-likeness (QED) is 0.589. The van der Waals surface area contributed by atoms with E-state index in [1.54, 1.807) is 18.2 Å². The molecule has 0 amide bonds. The number of Topliss-reactive ketones (excluding diaryl/α,β-unsaturated/α-hetero) is 1. The monoisotopic (exact) mass is 232 g/mol. The van der Waals surface area contributed by atoms with Crippen molar-refractivity contribution >= 4 is 29.0 Å². The Labute approximate surface area is 92.8 Å². The van der Waals surface area contributed by atoms with Gasteiger partial charge in [-0.1, -0.05) is 11.6 Å². The summed E-state index contributed by atoms with van der Waals surface area (Å²) in [6.07, 6.45) is 0. The summed E-state index contributed by atoms with van der Waals surface area (Å²) in [4.78, 5) is 11.2. The average Bonchev–Trinajstić information content (AvgIpc) is 2.15. The molecule has 2 nitrogen and oxygen atoms in total. The van der Waals surface area contributed by atoms with Gasteiger partial charge in [0.2, 0.25) is 0 Å². The van der Waals surface area contributed by atoms with Gasteiger partial charge in [0.15, 0.2) is 5.78 Å². The highest BCUT2D eigenvalue weighted by Gasteiger charge is 2.08. The van der Waals surface area contributed by atoms with Crippen molar-refractivity contribution in [3.8, 4) is 5.75 Å². The molecule has 1 aromatic carbocycles. The van der Waals surface area contributed by atoms with Crippen molar-refractivity contribution in [2.75, 3.05) is 12.5 Å². The first-order valence-corrected chi connectivity index (χ1v) is 5.05. The minimum Gasteiger partial charge on any atom is -0.492 e. The van der Waals surface area contributed by atoms with E-state index in [1.807, 2.05) is 0 Å². The first-order chi connectivity index (χ1) is 6.65. The molecular weight excluding hydrogens is 223 g/mol. The van der Waals surface area contributed by atoms with Gasteiger partial charge in [0.05, 0.1) is 11.4 Å². The zero-order valence-electron chi connectivity index (χ0n) is 7.72. The summed E-state index contributed by atoms with van der Waals surface area (Å²) >= 11 is 11.2. The molecule has 76 valence electrons. The third-order valence-electron chi connectivity index (χ3n) is 1.66. The van der Waals surface area contributed by atoms with E-state index in [-0.39, 0.29) is 5.78 Å². The van der Waals surface area contributed by atoms with Crippen LogP contribution in [0.5, 0.6) is 5.75 Å². The van der Waals surface area contributed by atoms with Gasteiger partial charge in [-0.25, -0.2) is 0 Å². The lowest BCUT2D eigenvalue weighted by Gasteiger charge is -2.08. The number of ketones is 1. The minimum atomic E-state index is -0.0722. The van der Waals surface area contributed by atoms with Crippen LogP contribution in [-0.2, 0) is 0 Å². The molecule has 0 aliphatic carbocycles. The summed E-state index contributed by atoms with van der Waals surface area (Å²) in [6, 6.07) is 4.94. The maximum atomic E-state index is 11.2. The van der Waals surface area contributed by atoms with E-state index in [2.05, 4.69) is 0 Å². The van der Waals surface area contributed by atoms with Gasteiger partial charge in [-0.15, -0.1) is 11.6 Å². The zero-order valence-corrected chi connectivity index (χ0v) is 9.23. The number of rotatable bonds is 4. The van der Waals surface area contributed by atoms with Gasteiger partial charge in [0.25, 0.3) is 0 Å². The second-order valence-electron chi connectivity index (χ2n) is 2.73. The summed E-state index contributed by atoms with van der Waals surface area (Å²) in [5.74, 6) is 0.847. The molecule has 0 unspecified atom stereocenters. The van der Waals surface area contributed by atoms with Gasteiger partial charge < -0.3 is 4.74 Å². The van der Waals surface area contributed by atoms with E-state index in [4.69, 9.17) is 27.9 Å². The second kappa shape index (κ2) is 5.23. The van der Waals surface area contributed by atoms with E-state index in [9.17, 15) is 4.79 Å². The third-order valence-corrected chi connectivity index (χ3v) is 2.05. The SMILES string of the molecule is CC(=O)c1cc(Cl)ccc1OCCCl. The molecule has 0 saturated heterocycles. The van der Waals surface area contributed by atoms with Gasteiger partial charge in [-0.05, 0) is 25.1 Å². The Morgan fingerprint density at radius 1 is 1.50 bits per heavy atom. The third kappa shape index (κ3) is 2.89. The van der Waals surface area contributed by atoms with Crippen molar-refractivity contribution in [3.05, 3.63) is 28.8 Å². The maximum absolute atomic E-state index is 11.2. The van der Waals surface area contributed by atoms with Gasteiger partial charge in [0.1, 0.15) is 12.4 Å². The molecule has 0 aliphatic rings. The number of carbonyl (C=O) groups excluding carboxylic acids is 1. The highest BCUT2D eigenvalue weighted by atomic mass is 35.5. The van der Waals surface area contributed by atoms with Crippen LogP contribution in [0.1, 0.15) is 17.3 Å². The Bertz CT molecular complexity index is 337. The molecule has 0 heterocycles. The molecule has 0 radical (unpaired) electrons. The fourth-order valence-corrected chi connectivity index (χ4v) is 1.30. The summed E-state index contributed by atoms with van der Waals surface area (Å²) in [6.45, 7) is 1.85. The lowest BCUT2D eigenvalue weighted by molar-refractivity contribution is 0.101. The first kappa shape index (κ1) is 11.3. The molecule has 0 aromatic heterocycles. The number of carbonyl (C=O) groups is 1. The van der Waals surface area contributed by atoms with Crippen LogP contribution in [0.4, 0.5) is 0 Å². The van der Waals surface area contributed by atoms with E-state index in [0.717, 1.165) is 0 Å². The molecule has 1 aromatic rings. The number of benzene rings is 1. The molecule has 0 fully saturated rings. The molecule has 14 heavy (non-hydrogen) atoms. The number of hydrogen-bond donors (Lipinski definition) is 0. The second-order valence-corrected chi connectivity index (χ2v) is 3.55. The first-order valence-electron chi connectivity index (χ1n) is 4.14. The van der Waals surface area contributed by atoms with Crippen LogP contribution in [0.15, 0.2) is 18.2 Å². The predicted molar refractivity (Wildman–Crippen MR) is 57.7 cm³/mol. The highest BCUT2D eigenvalue weighted by Crippen LogP contribution is 2.23. The fourth-order valence-electron chi connectivity index (χ4n) is 1.05. The van der Waals surface area contributed by atoms with Crippen molar-refractivity contribution < 1.29 is 9.53 Å². The Morgan fingerprint density at radius 2 is 2.21 bits per heavy atom. The van der Waals surface area contributed by atoms with Crippen molar-refractivity contribution in [1.82, 2.24) is 0 Å². The Hall–Kier alpha value is -0.730. The maximum Gasteiger partial charge on any atom is 0.163 e. The van der Waals surface area contributed by atoms with Crippen molar-refractivity contribution in [2.24, 2.45) is 0 Å². The smallest absolute Gasteiger partial charge is 0.163 e. The molecule has 0 aliphatic heterocycles. The standard InChI is InChI=1S/C10H10Cl2O2/c1-7(13)9-6-8(12)2-3-10(9)14-5-4-11/h2-3,6H,4-5H2,1H3. The molecule has 1 rings (SSSR count). The van der Waals surface area contributed by atoms with Crippen LogP contribution in [0, 0.1) is 0 Å². The molecule has 0 N–H and O–H groups in total. The molecular formula is C10H10Cl2O2. The van der Waals surface area contributed by atoms with Gasteiger partial charge in [0, 0.05) is 5.02 Å². The Kier molecular flexibility index (Phi) is 4.23. The molecule has 0 bridgehead atoms. The molecule has 0 atom stereocenters. The normalized spacial score (nSPS) is 9.93. The van der Waals surface area contributed by atoms with E-state index >= 15 is 0 Å². The number of halogens is 2. The van der Waals surface area contributed by atoms with Gasteiger partial charge >= 0.3 is 0 Å². The largest absolute Gasteiger partial charge is 0.492 e. The van der Waals surface area contributed by atoms with E-state index in [1.165, 1.54) is 6.92 Å². The van der Waals surface area contributed by atoms with Crippen LogP contribution >= 0.6 is 23.2 Å². The lowest BCUT2D eigenvalue weighted by atomic mass is 10.1. The van der Waals surface area contributed by atoms with Crippen LogP contribution < -0.4 is 4.74 Å². The van der Waals surface area contributed by atoms with E-state index < -0.39 is 0 Å². The fraction of sp³-hybridized carbons (Fsp3) is 0.300. The lowest BCUT2D eigenvalue weighted by Crippen LogP contribution is -2.03. The van der Waals surface area contributed by atoms with Crippen LogP contribution in [0.3, 0.4) is 0 Å². The predicted octanol–water partition coefficient (Wildman–Crippen LogP) is 3.16. The molecule has 0 spiro atoms. The van der Waals surface area contributed by atoms with Crippen molar-refractivity contribution in [3.63, 3.8) is 0 Å². The molecule has 0 saturated carbocycles. The summed E-state index contributed by atoms with van der Waals surface area (Å²) in [5, 5.41) is 0.522. The van der Waals surface area contributed by atoms with Crippen LogP contribution in [0.2, 0.25) is 5.02 Å². The van der Waals surface area contributed by atoms with Crippen LogP contribution in [0.25, 0.3) is 0 Å². The summed E-state index contributed by atoms with van der Waals surface area (Å²) in [7, 11) is 0. The molecule has 4 heteroatoms. The average molecular weight is 233 g/mol. The van der Waals surface area contributed by atoms with Crippen LogP contribution in [-0.4, -0.2) is 18.3 Å². The Balaban J connectivity index is 2.96. The van der Waals surface area contributed by atoms with Gasteiger partial charge in [-0.3, -0.25) is 4.79 Å². The van der Waals surface area contributed by atoms with Crippen molar-refractivity contribution in [1.29, 1.82) is 0 Å². The topological polar surface area (TPSA) is 26.3 Å². The Morgan fingerprint density at radius 3 is 2.79 bits per heavy atom. The summed E-state index contributed by atoms with van der Waals surface area (Å²) < 4.78 is 5.29. The number of ether oxygens (including phenoxy) is 1. The number of alkyl halides is 1. The minimum absolute atomic E-state index is 0.0722. The highest BCUT2D eigenvalue weighted by molar-refractivity contribution is 6.31. The van der Waals surface area contributed by atoms with Crippen molar-refractivity contribution in [2.45, 2.75) is 6.92 Å². The number of hydrogen-bond acceptors (Lipinski definition) is 2. The van der Waals surface area contributed by atoms with Gasteiger partial charge in [-0.2, -0.15) is 0 Å². The summed E-state index contributed by atoms with van der Waals surface area (Å²) in [5.41, 5.74) is 0.489. The van der Waals surface area contributed by atoms with E-state index in [0.29, 0.717) is 28.8 Å².